The number of halogens is 2. The Bertz CT molecular complexity index is 400. The van der Waals surface area contributed by atoms with Gasteiger partial charge in [-0.15, -0.1) is 0 Å². The van der Waals surface area contributed by atoms with E-state index in [-0.39, 0.29) is 10.6 Å². The van der Waals surface area contributed by atoms with Crippen molar-refractivity contribution in [2.45, 2.75) is 26.2 Å². The summed E-state index contributed by atoms with van der Waals surface area (Å²) in [5.74, 6) is 0. The maximum Gasteiger partial charge on any atom is 0.148 e. The van der Waals surface area contributed by atoms with Crippen LogP contribution < -0.4 is 0 Å². The van der Waals surface area contributed by atoms with Crippen molar-refractivity contribution in [3.05, 3.63) is 27.5 Å². The highest BCUT2D eigenvalue weighted by Crippen LogP contribution is 2.30. The topological polar surface area (TPSA) is 36.7 Å². The molecule has 0 atom stereocenters. The van der Waals surface area contributed by atoms with Gasteiger partial charge in [-0.1, -0.05) is 44.0 Å². The first-order valence-electron chi connectivity index (χ1n) is 4.13. The second-order valence-corrected chi connectivity index (χ2v) is 4.77. The van der Waals surface area contributed by atoms with E-state index in [1.165, 1.54) is 0 Å². The molecule has 1 rings (SSSR count). The smallest absolute Gasteiger partial charge is 0.148 e. The zero-order chi connectivity index (χ0) is 10.9. The first kappa shape index (κ1) is 11.3. The van der Waals surface area contributed by atoms with Gasteiger partial charge in [-0.3, -0.25) is 0 Å². The molecule has 74 valence electrons. The van der Waals surface area contributed by atoms with Crippen LogP contribution in [0.15, 0.2) is 6.07 Å². The zero-order valence-corrected chi connectivity index (χ0v) is 9.74. The Morgan fingerprint density at radius 3 is 2.36 bits per heavy atom. The van der Waals surface area contributed by atoms with Gasteiger partial charge in [0.1, 0.15) is 16.4 Å². The molecule has 0 amide bonds. The Labute approximate surface area is 93.5 Å². The molecule has 0 fully saturated rings. The molecular formula is C10H10Cl2N2. The van der Waals surface area contributed by atoms with E-state index in [9.17, 15) is 0 Å². The van der Waals surface area contributed by atoms with E-state index in [1.807, 2.05) is 26.8 Å². The van der Waals surface area contributed by atoms with Gasteiger partial charge in [0, 0.05) is 0 Å². The molecule has 0 unspecified atom stereocenters. The Morgan fingerprint density at radius 2 is 1.93 bits per heavy atom. The number of nitrogens with zero attached hydrogens (tertiary/aromatic N) is 2. The summed E-state index contributed by atoms with van der Waals surface area (Å²) in [4.78, 5) is 3.83. The van der Waals surface area contributed by atoms with Crippen LogP contribution in [0.25, 0.3) is 0 Å². The summed E-state index contributed by atoms with van der Waals surface area (Å²) >= 11 is 11.6. The third kappa shape index (κ3) is 2.17. The first-order chi connectivity index (χ1) is 6.36. The summed E-state index contributed by atoms with van der Waals surface area (Å²) in [5, 5.41) is 9.43. The van der Waals surface area contributed by atoms with Crippen LogP contribution in [-0.2, 0) is 5.41 Å². The van der Waals surface area contributed by atoms with E-state index in [0.29, 0.717) is 10.7 Å². The molecule has 0 aliphatic rings. The minimum Gasteiger partial charge on any atom is -0.223 e. The molecule has 0 N–H and O–H groups in total. The van der Waals surface area contributed by atoms with Crippen LogP contribution in [-0.4, -0.2) is 4.98 Å². The molecule has 0 saturated carbocycles. The van der Waals surface area contributed by atoms with Gasteiger partial charge in [-0.05, 0) is 17.0 Å². The van der Waals surface area contributed by atoms with Gasteiger partial charge in [-0.2, -0.15) is 5.26 Å². The van der Waals surface area contributed by atoms with Crippen LogP contribution in [0, 0.1) is 11.3 Å². The second kappa shape index (κ2) is 3.76. The maximum atomic E-state index is 8.94. The quantitative estimate of drug-likeness (QED) is 0.637. The third-order valence-corrected chi connectivity index (χ3v) is 2.33. The van der Waals surface area contributed by atoms with Crippen molar-refractivity contribution in [2.75, 3.05) is 0 Å². The fourth-order valence-corrected chi connectivity index (χ4v) is 1.65. The number of hydrogen-bond donors (Lipinski definition) is 0. The Hall–Kier alpha value is -0.780. The molecule has 0 saturated heterocycles. The van der Waals surface area contributed by atoms with Crippen LogP contribution in [0.5, 0.6) is 0 Å². The average Bonchev–Trinajstić information content (AvgIpc) is 2.01. The Morgan fingerprint density at radius 1 is 1.36 bits per heavy atom. The van der Waals surface area contributed by atoms with E-state index in [4.69, 9.17) is 28.5 Å². The van der Waals surface area contributed by atoms with Crippen LogP contribution in [0.1, 0.15) is 31.9 Å². The molecule has 0 radical (unpaired) electrons. The summed E-state index contributed by atoms with van der Waals surface area (Å²) in [7, 11) is 0. The van der Waals surface area contributed by atoms with Gasteiger partial charge in [-0.25, -0.2) is 4.98 Å². The monoisotopic (exact) mass is 228 g/mol. The highest BCUT2D eigenvalue weighted by molar-refractivity contribution is 6.33. The summed E-state index contributed by atoms with van der Waals surface area (Å²) in [6, 6.07) is 3.73. The number of nitriles is 1. The molecule has 1 aromatic rings. The molecule has 1 heterocycles. The Kier molecular flexibility index (Phi) is 3.04. The molecule has 4 heteroatoms. The summed E-state index contributed by atoms with van der Waals surface area (Å²) in [6.45, 7) is 5.99. The van der Waals surface area contributed by atoms with E-state index >= 15 is 0 Å². The van der Waals surface area contributed by atoms with Gasteiger partial charge >= 0.3 is 0 Å². The van der Waals surface area contributed by atoms with Gasteiger partial charge in [0.05, 0.1) is 5.56 Å². The number of aromatic nitrogens is 1. The highest BCUT2D eigenvalue weighted by atomic mass is 35.5. The summed E-state index contributed by atoms with van der Waals surface area (Å²) < 4.78 is 0. The number of pyridine rings is 1. The molecule has 14 heavy (non-hydrogen) atoms. The van der Waals surface area contributed by atoms with Crippen molar-refractivity contribution in [3.63, 3.8) is 0 Å². The first-order valence-corrected chi connectivity index (χ1v) is 4.88. The van der Waals surface area contributed by atoms with Crippen molar-refractivity contribution in [3.8, 4) is 6.07 Å². The van der Waals surface area contributed by atoms with E-state index in [0.717, 1.165) is 5.56 Å². The number of hydrogen-bond acceptors (Lipinski definition) is 2. The predicted molar refractivity (Wildman–Crippen MR) is 57.7 cm³/mol. The third-order valence-electron chi connectivity index (χ3n) is 1.86. The van der Waals surface area contributed by atoms with Crippen molar-refractivity contribution < 1.29 is 0 Å². The van der Waals surface area contributed by atoms with E-state index < -0.39 is 0 Å². The maximum absolute atomic E-state index is 8.94. The second-order valence-electron chi connectivity index (χ2n) is 4.02. The van der Waals surface area contributed by atoms with Crippen LogP contribution in [0.3, 0.4) is 0 Å². The van der Waals surface area contributed by atoms with Crippen LogP contribution in [0.2, 0.25) is 10.3 Å². The average molecular weight is 229 g/mol. The van der Waals surface area contributed by atoms with Gasteiger partial charge in [0.25, 0.3) is 0 Å². The summed E-state index contributed by atoms with van der Waals surface area (Å²) in [6.07, 6.45) is 0. The molecule has 0 spiro atoms. The fraction of sp³-hybridized carbons (Fsp3) is 0.400. The van der Waals surface area contributed by atoms with Crippen molar-refractivity contribution in [2.24, 2.45) is 0 Å². The Balaban J connectivity index is 3.50. The molecule has 1 aromatic heterocycles. The molecule has 0 bridgehead atoms. The number of rotatable bonds is 0. The lowest BCUT2D eigenvalue weighted by Crippen LogP contribution is -2.14. The molecule has 0 aliphatic carbocycles. The molecular weight excluding hydrogens is 219 g/mol. The van der Waals surface area contributed by atoms with Gasteiger partial charge in [0.15, 0.2) is 0 Å². The zero-order valence-electron chi connectivity index (χ0n) is 8.23. The lowest BCUT2D eigenvalue weighted by Gasteiger charge is -2.20. The standard InChI is InChI=1S/C10H10Cl2N2/c1-10(2,3)7-4-8(11)14-9(12)6(7)5-13/h4H,1-3H3. The normalized spacial score (nSPS) is 11.1. The lowest BCUT2D eigenvalue weighted by molar-refractivity contribution is 0.587. The molecule has 0 aliphatic heterocycles. The molecule has 2 nitrogen and oxygen atoms in total. The van der Waals surface area contributed by atoms with E-state index in [2.05, 4.69) is 4.98 Å². The van der Waals surface area contributed by atoms with E-state index in [1.54, 1.807) is 6.07 Å². The van der Waals surface area contributed by atoms with Crippen molar-refractivity contribution in [1.82, 2.24) is 4.98 Å². The summed E-state index contributed by atoms with van der Waals surface area (Å²) in [5.41, 5.74) is 1.06. The highest BCUT2D eigenvalue weighted by Gasteiger charge is 2.21. The predicted octanol–water partition coefficient (Wildman–Crippen LogP) is 3.56. The van der Waals surface area contributed by atoms with Crippen LogP contribution in [0.4, 0.5) is 0 Å². The van der Waals surface area contributed by atoms with Crippen LogP contribution >= 0.6 is 23.2 Å². The lowest BCUT2D eigenvalue weighted by atomic mass is 9.85. The van der Waals surface area contributed by atoms with Gasteiger partial charge < -0.3 is 0 Å². The SMILES string of the molecule is CC(C)(C)c1cc(Cl)nc(Cl)c1C#N. The van der Waals surface area contributed by atoms with Gasteiger partial charge in [0.2, 0.25) is 0 Å². The largest absolute Gasteiger partial charge is 0.223 e. The van der Waals surface area contributed by atoms with Crippen molar-refractivity contribution in [1.29, 1.82) is 5.26 Å². The fourth-order valence-electron chi connectivity index (χ4n) is 1.18. The molecule has 0 aromatic carbocycles. The minimum absolute atomic E-state index is 0.165. The van der Waals surface area contributed by atoms with Crippen molar-refractivity contribution >= 4 is 23.2 Å². The minimum atomic E-state index is -0.165.